The van der Waals surface area contributed by atoms with Crippen LogP contribution in [-0.2, 0) is 0 Å². The fourth-order valence-electron chi connectivity index (χ4n) is 1.23. The van der Waals surface area contributed by atoms with Crippen LogP contribution < -0.4 is 0 Å². The van der Waals surface area contributed by atoms with Crippen molar-refractivity contribution in [3.8, 4) is 10.6 Å². The molecule has 0 N–H and O–H groups in total. The van der Waals surface area contributed by atoms with E-state index in [1.165, 1.54) is 11.3 Å². The van der Waals surface area contributed by atoms with Crippen molar-refractivity contribution in [2.24, 2.45) is 0 Å². The summed E-state index contributed by atoms with van der Waals surface area (Å²) in [6.45, 7) is 1.92. The molecule has 0 saturated carbocycles. The highest BCUT2D eigenvalue weighted by Crippen LogP contribution is 2.32. The highest BCUT2D eigenvalue weighted by atomic mass is 35.5. The van der Waals surface area contributed by atoms with Gasteiger partial charge in [0.05, 0.1) is 9.80 Å². The van der Waals surface area contributed by atoms with Gasteiger partial charge in [-0.2, -0.15) is 0 Å². The zero-order valence-corrected chi connectivity index (χ0v) is 9.75. The molecular formula is C9H6ClN3O2S. The number of nitrogens with zero attached hydrogens (tertiary/aromatic N) is 3. The summed E-state index contributed by atoms with van der Waals surface area (Å²) in [6, 6.07) is 3.66. The van der Waals surface area contributed by atoms with Crippen LogP contribution in [0.15, 0.2) is 18.3 Å². The second-order valence-corrected chi connectivity index (χ2v) is 4.67. The lowest BCUT2D eigenvalue weighted by atomic mass is 10.3. The van der Waals surface area contributed by atoms with Gasteiger partial charge in [0.1, 0.15) is 6.20 Å². The second kappa shape index (κ2) is 4.15. The monoisotopic (exact) mass is 255 g/mol. The summed E-state index contributed by atoms with van der Waals surface area (Å²) in [5.74, 6) is 0. The Morgan fingerprint density at radius 3 is 2.81 bits per heavy atom. The van der Waals surface area contributed by atoms with Gasteiger partial charge in [-0.3, -0.25) is 10.1 Å². The lowest BCUT2D eigenvalue weighted by molar-refractivity contribution is -0.384. The topological polar surface area (TPSA) is 68.9 Å². The Hall–Kier alpha value is -1.53. The lowest BCUT2D eigenvalue weighted by Gasteiger charge is -1.98. The van der Waals surface area contributed by atoms with Gasteiger partial charge in [0.2, 0.25) is 5.28 Å². The van der Waals surface area contributed by atoms with Crippen LogP contribution in [0.5, 0.6) is 0 Å². The molecule has 0 aromatic carbocycles. The summed E-state index contributed by atoms with van der Waals surface area (Å²) in [5.41, 5.74) is 0.134. The summed E-state index contributed by atoms with van der Waals surface area (Å²) in [6.07, 6.45) is 1.12. The molecule has 5 nitrogen and oxygen atoms in total. The summed E-state index contributed by atoms with van der Waals surface area (Å²) in [5, 5.41) is 10.8. The van der Waals surface area contributed by atoms with Crippen molar-refractivity contribution in [1.82, 2.24) is 9.97 Å². The molecule has 0 unspecified atom stereocenters. The molecule has 0 saturated heterocycles. The molecule has 0 aliphatic heterocycles. The number of hydrogen-bond acceptors (Lipinski definition) is 5. The number of thiophene rings is 1. The summed E-state index contributed by atoms with van der Waals surface area (Å²) in [4.78, 5) is 19.6. The largest absolute Gasteiger partial charge is 0.314 e. The molecule has 0 fully saturated rings. The van der Waals surface area contributed by atoms with Gasteiger partial charge >= 0.3 is 5.69 Å². The SMILES string of the molecule is Cc1ccc(-c2nc(Cl)ncc2[N+](=O)[O-])s1. The first-order valence-electron chi connectivity index (χ1n) is 4.31. The third-order valence-electron chi connectivity index (χ3n) is 1.91. The molecule has 2 heterocycles. The van der Waals surface area contributed by atoms with Gasteiger partial charge in [-0.25, -0.2) is 9.97 Å². The standard InChI is InChI=1S/C9H6ClN3O2S/c1-5-2-3-7(16-5)8-6(13(14)15)4-11-9(10)12-8/h2-4H,1H3. The van der Waals surface area contributed by atoms with Crippen molar-refractivity contribution in [3.63, 3.8) is 0 Å². The predicted octanol–water partition coefficient (Wildman–Crippen LogP) is 3.08. The van der Waals surface area contributed by atoms with Crippen LogP contribution in [0, 0.1) is 17.0 Å². The Morgan fingerprint density at radius 2 is 2.25 bits per heavy atom. The Bertz CT molecular complexity index is 555. The Labute approximate surface area is 99.9 Å². The van der Waals surface area contributed by atoms with E-state index in [2.05, 4.69) is 9.97 Å². The van der Waals surface area contributed by atoms with Gasteiger partial charge in [0, 0.05) is 4.88 Å². The summed E-state index contributed by atoms with van der Waals surface area (Å²) in [7, 11) is 0. The van der Waals surface area contributed by atoms with Gasteiger partial charge < -0.3 is 0 Å². The molecule has 0 atom stereocenters. The van der Waals surface area contributed by atoms with Crippen LogP contribution >= 0.6 is 22.9 Å². The summed E-state index contributed by atoms with van der Waals surface area (Å²) < 4.78 is 0. The maximum absolute atomic E-state index is 10.8. The van der Waals surface area contributed by atoms with Crippen molar-refractivity contribution in [2.45, 2.75) is 6.92 Å². The van der Waals surface area contributed by atoms with Gasteiger partial charge in [-0.1, -0.05) is 0 Å². The minimum absolute atomic E-state index is 0.00616. The maximum Gasteiger partial charge on any atom is 0.314 e. The van der Waals surface area contributed by atoms with Crippen molar-refractivity contribution in [3.05, 3.63) is 38.6 Å². The number of rotatable bonds is 2. The predicted molar refractivity (Wildman–Crippen MR) is 61.7 cm³/mol. The van der Waals surface area contributed by atoms with Crippen molar-refractivity contribution in [2.75, 3.05) is 0 Å². The molecule has 7 heteroatoms. The molecule has 0 spiro atoms. The van der Waals surface area contributed by atoms with Crippen molar-refractivity contribution < 1.29 is 4.92 Å². The first kappa shape index (κ1) is 11.0. The molecule has 2 rings (SSSR count). The first-order valence-corrected chi connectivity index (χ1v) is 5.51. The average molecular weight is 256 g/mol. The molecule has 0 aliphatic carbocycles. The smallest absolute Gasteiger partial charge is 0.258 e. The van der Waals surface area contributed by atoms with Crippen molar-refractivity contribution in [1.29, 1.82) is 0 Å². The van der Waals surface area contributed by atoms with Gasteiger partial charge in [0.15, 0.2) is 5.69 Å². The Kier molecular flexibility index (Phi) is 2.84. The van der Waals surface area contributed by atoms with E-state index in [0.29, 0.717) is 4.88 Å². The molecule has 0 aliphatic rings. The number of halogens is 1. The van der Waals surface area contributed by atoms with Crippen LogP contribution in [0.3, 0.4) is 0 Å². The van der Waals surface area contributed by atoms with E-state index in [1.54, 1.807) is 6.07 Å². The normalized spacial score (nSPS) is 10.4. The number of nitro groups is 1. The van der Waals surface area contributed by atoms with Crippen LogP contribution in [0.2, 0.25) is 5.28 Å². The molecule has 82 valence electrons. The highest BCUT2D eigenvalue weighted by molar-refractivity contribution is 7.15. The van der Waals surface area contributed by atoms with E-state index in [4.69, 9.17) is 11.6 Å². The van der Waals surface area contributed by atoms with E-state index in [1.807, 2.05) is 13.0 Å². The lowest BCUT2D eigenvalue weighted by Crippen LogP contribution is -1.95. The van der Waals surface area contributed by atoms with Gasteiger partial charge in [-0.05, 0) is 30.7 Å². The minimum Gasteiger partial charge on any atom is -0.258 e. The zero-order valence-electron chi connectivity index (χ0n) is 8.18. The van der Waals surface area contributed by atoms with Crippen molar-refractivity contribution >= 4 is 28.6 Å². The molecule has 0 bridgehead atoms. The van der Waals surface area contributed by atoms with Crippen LogP contribution in [0.4, 0.5) is 5.69 Å². The zero-order chi connectivity index (χ0) is 11.7. The fourth-order valence-corrected chi connectivity index (χ4v) is 2.23. The average Bonchev–Trinajstić information content (AvgIpc) is 2.64. The number of aromatic nitrogens is 2. The number of aryl methyl sites for hydroxylation is 1. The molecule has 0 radical (unpaired) electrons. The molecule has 0 amide bonds. The maximum atomic E-state index is 10.8. The van der Waals surface area contributed by atoms with Crippen LogP contribution in [-0.4, -0.2) is 14.9 Å². The van der Waals surface area contributed by atoms with Gasteiger partial charge in [0.25, 0.3) is 0 Å². The minimum atomic E-state index is -0.513. The van der Waals surface area contributed by atoms with Crippen LogP contribution in [0.25, 0.3) is 10.6 Å². The fraction of sp³-hybridized carbons (Fsp3) is 0.111. The number of hydrogen-bond donors (Lipinski definition) is 0. The third-order valence-corrected chi connectivity index (χ3v) is 3.10. The second-order valence-electron chi connectivity index (χ2n) is 3.04. The molecule has 2 aromatic rings. The first-order chi connectivity index (χ1) is 7.58. The Balaban J connectivity index is 2.62. The van der Waals surface area contributed by atoms with Crippen LogP contribution in [0.1, 0.15) is 4.88 Å². The molecular weight excluding hydrogens is 250 g/mol. The van der Waals surface area contributed by atoms with E-state index < -0.39 is 4.92 Å². The van der Waals surface area contributed by atoms with Gasteiger partial charge in [-0.15, -0.1) is 11.3 Å². The van der Waals surface area contributed by atoms with E-state index in [0.717, 1.165) is 11.1 Å². The highest BCUT2D eigenvalue weighted by Gasteiger charge is 2.19. The third kappa shape index (κ3) is 2.02. The molecule has 16 heavy (non-hydrogen) atoms. The van der Waals surface area contributed by atoms with E-state index >= 15 is 0 Å². The summed E-state index contributed by atoms with van der Waals surface area (Å²) >= 11 is 7.07. The molecule has 2 aromatic heterocycles. The van der Waals surface area contributed by atoms with E-state index in [-0.39, 0.29) is 16.7 Å². The van der Waals surface area contributed by atoms with E-state index in [9.17, 15) is 10.1 Å². The quantitative estimate of drug-likeness (QED) is 0.470. The Morgan fingerprint density at radius 1 is 1.50 bits per heavy atom.